The third-order valence-electron chi connectivity index (χ3n) is 2.37. The van der Waals surface area contributed by atoms with Crippen molar-refractivity contribution < 1.29 is 5.11 Å². The zero-order valence-corrected chi connectivity index (χ0v) is 7.34. The largest absolute Gasteiger partial charge is 0.393 e. The summed E-state index contributed by atoms with van der Waals surface area (Å²) >= 11 is 1.80. The van der Waals surface area contributed by atoms with E-state index < -0.39 is 0 Å². The minimum absolute atomic E-state index is 0.123. The summed E-state index contributed by atoms with van der Waals surface area (Å²) in [5, 5.41) is 11.4. The molecule has 1 aliphatic carbocycles. The lowest BCUT2D eigenvalue weighted by atomic mass is 10.2. The van der Waals surface area contributed by atoms with Gasteiger partial charge in [0, 0.05) is 4.88 Å². The number of hydrogen-bond acceptors (Lipinski definition) is 2. The zero-order valence-electron chi connectivity index (χ0n) is 6.53. The first-order valence-corrected chi connectivity index (χ1v) is 4.88. The van der Waals surface area contributed by atoms with Crippen molar-refractivity contribution in [3.05, 3.63) is 22.4 Å². The molecule has 0 radical (unpaired) electrons. The molecule has 1 aromatic heterocycles. The van der Waals surface area contributed by atoms with Gasteiger partial charge in [0.2, 0.25) is 0 Å². The van der Waals surface area contributed by atoms with Crippen molar-refractivity contribution in [2.75, 3.05) is 0 Å². The molecule has 0 saturated heterocycles. The van der Waals surface area contributed by atoms with Crippen LogP contribution in [0.3, 0.4) is 0 Å². The van der Waals surface area contributed by atoms with Gasteiger partial charge in [-0.3, -0.25) is 0 Å². The highest BCUT2D eigenvalue weighted by Gasteiger charge is 2.41. The number of rotatable bonds is 2. The predicted octanol–water partition coefficient (Wildman–Crippen LogP) is 2.23. The molecule has 2 heteroatoms. The molecule has 0 bridgehead atoms. The second-order valence-corrected chi connectivity index (χ2v) is 4.24. The van der Waals surface area contributed by atoms with Crippen molar-refractivity contribution in [3.8, 4) is 0 Å². The lowest BCUT2D eigenvalue weighted by molar-refractivity contribution is 0.169. The van der Waals surface area contributed by atoms with E-state index in [9.17, 15) is 5.11 Å². The fourth-order valence-corrected chi connectivity index (χ4v) is 2.49. The van der Waals surface area contributed by atoms with Gasteiger partial charge in [0.1, 0.15) is 0 Å². The Kier molecular flexibility index (Phi) is 1.74. The molecular weight excluding hydrogens is 156 g/mol. The first kappa shape index (κ1) is 7.32. The van der Waals surface area contributed by atoms with E-state index in [0.29, 0.717) is 11.8 Å². The lowest BCUT2D eigenvalue weighted by Gasteiger charge is -1.99. The van der Waals surface area contributed by atoms with Crippen LogP contribution in [-0.2, 0) is 0 Å². The molecule has 2 rings (SSSR count). The van der Waals surface area contributed by atoms with Gasteiger partial charge in [0.15, 0.2) is 0 Å². The monoisotopic (exact) mass is 168 g/mol. The summed E-state index contributed by atoms with van der Waals surface area (Å²) in [5.41, 5.74) is 0. The first-order chi connectivity index (χ1) is 5.29. The molecule has 0 aliphatic heterocycles. The lowest BCUT2D eigenvalue weighted by Crippen LogP contribution is -2.02. The van der Waals surface area contributed by atoms with Crippen LogP contribution in [-0.4, -0.2) is 11.2 Å². The summed E-state index contributed by atoms with van der Waals surface area (Å²) in [7, 11) is 0. The van der Waals surface area contributed by atoms with Crippen LogP contribution >= 0.6 is 11.3 Å². The zero-order chi connectivity index (χ0) is 7.84. The Morgan fingerprint density at radius 2 is 2.55 bits per heavy atom. The second kappa shape index (κ2) is 2.61. The maximum Gasteiger partial charge on any atom is 0.0546 e. The molecule has 1 aromatic rings. The Labute approximate surface area is 70.7 Å². The molecule has 1 saturated carbocycles. The summed E-state index contributed by atoms with van der Waals surface area (Å²) in [6.45, 7) is 1.89. The average molecular weight is 168 g/mol. The fraction of sp³-hybridized carbons (Fsp3) is 0.556. The van der Waals surface area contributed by atoms with Gasteiger partial charge in [-0.1, -0.05) is 6.07 Å². The third kappa shape index (κ3) is 1.33. The van der Waals surface area contributed by atoms with Gasteiger partial charge in [0.05, 0.1) is 6.10 Å². The molecule has 0 amide bonds. The van der Waals surface area contributed by atoms with E-state index in [-0.39, 0.29) is 6.10 Å². The van der Waals surface area contributed by atoms with Crippen molar-refractivity contribution in [1.29, 1.82) is 0 Å². The van der Waals surface area contributed by atoms with Gasteiger partial charge in [-0.2, -0.15) is 0 Å². The first-order valence-electron chi connectivity index (χ1n) is 4.00. The van der Waals surface area contributed by atoms with Gasteiger partial charge in [0.25, 0.3) is 0 Å². The highest BCUT2D eigenvalue weighted by molar-refractivity contribution is 7.10. The Bertz CT molecular complexity index is 228. The molecular formula is C9H12OS. The van der Waals surface area contributed by atoms with Crippen LogP contribution in [0.5, 0.6) is 0 Å². The summed E-state index contributed by atoms with van der Waals surface area (Å²) in [4.78, 5) is 1.44. The molecule has 0 unspecified atom stereocenters. The van der Waals surface area contributed by atoms with Crippen LogP contribution in [0, 0.1) is 5.92 Å². The second-order valence-electron chi connectivity index (χ2n) is 3.26. The van der Waals surface area contributed by atoms with Crippen LogP contribution in [0.2, 0.25) is 0 Å². The standard InChI is InChI=1S/C9H12OS/c1-6(10)7-5-8(7)9-3-2-4-11-9/h2-4,6-8,10H,5H2,1H3/t6-,7-,8+/m1/s1. The maximum absolute atomic E-state index is 9.27. The molecule has 60 valence electrons. The molecule has 0 spiro atoms. The quantitative estimate of drug-likeness (QED) is 0.718. The topological polar surface area (TPSA) is 20.2 Å². The Balaban J connectivity index is 2.02. The molecule has 1 nitrogen and oxygen atoms in total. The molecule has 1 N–H and O–H groups in total. The van der Waals surface area contributed by atoms with Crippen molar-refractivity contribution in [2.24, 2.45) is 5.92 Å². The van der Waals surface area contributed by atoms with Crippen molar-refractivity contribution in [1.82, 2.24) is 0 Å². The summed E-state index contributed by atoms with van der Waals surface area (Å²) in [5.74, 6) is 1.20. The van der Waals surface area contributed by atoms with E-state index in [1.165, 1.54) is 11.3 Å². The van der Waals surface area contributed by atoms with Crippen LogP contribution in [0.1, 0.15) is 24.1 Å². The maximum atomic E-state index is 9.27. The van der Waals surface area contributed by atoms with E-state index in [4.69, 9.17) is 0 Å². The number of hydrogen-bond donors (Lipinski definition) is 1. The van der Waals surface area contributed by atoms with Gasteiger partial charge in [-0.15, -0.1) is 11.3 Å². The predicted molar refractivity (Wildman–Crippen MR) is 46.8 cm³/mol. The normalized spacial score (nSPS) is 31.8. The van der Waals surface area contributed by atoms with Crippen molar-refractivity contribution >= 4 is 11.3 Å². The Morgan fingerprint density at radius 1 is 1.73 bits per heavy atom. The Morgan fingerprint density at radius 3 is 3.00 bits per heavy atom. The van der Waals surface area contributed by atoms with Crippen LogP contribution in [0.4, 0.5) is 0 Å². The Hall–Kier alpha value is -0.340. The van der Waals surface area contributed by atoms with E-state index >= 15 is 0 Å². The summed E-state index contributed by atoms with van der Waals surface area (Å²) in [6, 6.07) is 4.25. The third-order valence-corrected chi connectivity index (χ3v) is 3.37. The molecule has 11 heavy (non-hydrogen) atoms. The van der Waals surface area contributed by atoms with E-state index in [0.717, 1.165) is 0 Å². The van der Waals surface area contributed by atoms with E-state index in [2.05, 4.69) is 17.5 Å². The van der Waals surface area contributed by atoms with Gasteiger partial charge < -0.3 is 5.11 Å². The highest BCUT2D eigenvalue weighted by atomic mass is 32.1. The SMILES string of the molecule is C[C@@H](O)[C@H]1C[C@@H]1c1cccs1. The average Bonchev–Trinajstić information content (AvgIpc) is 2.60. The van der Waals surface area contributed by atoms with Gasteiger partial charge >= 0.3 is 0 Å². The summed E-state index contributed by atoms with van der Waals surface area (Å²) < 4.78 is 0. The van der Waals surface area contributed by atoms with E-state index in [1.807, 2.05) is 6.92 Å². The fourth-order valence-electron chi connectivity index (χ4n) is 1.58. The van der Waals surface area contributed by atoms with Gasteiger partial charge in [-0.05, 0) is 36.6 Å². The van der Waals surface area contributed by atoms with Crippen molar-refractivity contribution in [2.45, 2.75) is 25.4 Å². The van der Waals surface area contributed by atoms with Crippen LogP contribution in [0.15, 0.2) is 17.5 Å². The molecule has 1 heterocycles. The molecule has 1 aliphatic rings. The summed E-state index contributed by atoms with van der Waals surface area (Å²) in [6.07, 6.45) is 1.06. The molecule has 0 aromatic carbocycles. The minimum atomic E-state index is -0.123. The number of aliphatic hydroxyl groups excluding tert-OH is 1. The number of thiophene rings is 1. The molecule has 3 atom stereocenters. The highest BCUT2D eigenvalue weighted by Crippen LogP contribution is 2.50. The number of aliphatic hydroxyl groups is 1. The van der Waals surface area contributed by atoms with Crippen molar-refractivity contribution in [3.63, 3.8) is 0 Å². The van der Waals surface area contributed by atoms with Crippen LogP contribution < -0.4 is 0 Å². The van der Waals surface area contributed by atoms with E-state index in [1.54, 1.807) is 11.3 Å². The van der Waals surface area contributed by atoms with Crippen LogP contribution in [0.25, 0.3) is 0 Å². The minimum Gasteiger partial charge on any atom is -0.393 e. The van der Waals surface area contributed by atoms with Gasteiger partial charge in [-0.25, -0.2) is 0 Å². The molecule has 1 fully saturated rings. The smallest absolute Gasteiger partial charge is 0.0546 e.